The van der Waals surface area contributed by atoms with Crippen molar-refractivity contribution in [2.45, 2.75) is 51.7 Å². The fraction of sp³-hybridized carbons (Fsp3) is 0.700. The van der Waals surface area contributed by atoms with Crippen molar-refractivity contribution < 1.29 is 4.74 Å². The third-order valence-corrected chi connectivity index (χ3v) is 5.73. The molecule has 0 amide bonds. The van der Waals surface area contributed by atoms with Crippen LogP contribution in [-0.2, 0) is 11.3 Å². The maximum atomic E-state index is 6.29. The van der Waals surface area contributed by atoms with E-state index in [2.05, 4.69) is 47.5 Å². The van der Waals surface area contributed by atoms with Crippen molar-refractivity contribution in [2.75, 3.05) is 32.8 Å². The molecule has 2 aliphatic heterocycles. The zero-order valence-corrected chi connectivity index (χ0v) is 14.6. The van der Waals surface area contributed by atoms with Crippen LogP contribution in [0.4, 0.5) is 0 Å². The predicted octanol–water partition coefficient (Wildman–Crippen LogP) is 3.45. The molecular formula is C20H32N2O. The van der Waals surface area contributed by atoms with E-state index in [1.165, 1.54) is 50.8 Å². The normalized spacial score (nSPS) is 24.8. The molecule has 3 heteroatoms. The van der Waals surface area contributed by atoms with E-state index in [0.29, 0.717) is 11.5 Å². The van der Waals surface area contributed by atoms with E-state index in [4.69, 9.17) is 4.74 Å². The monoisotopic (exact) mass is 316 g/mol. The Kier molecular flexibility index (Phi) is 6.09. The highest BCUT2D eigenvalue weighted by Crippen LogP contribution is 2.41. The molecule has 2 heterocycles. The van der Waals surface area contributed by atoms with Crippen LogP contribution in [0, 0.1) is 5.41 Å². The summed E-state index contributed by atoms with van der Waals surface area (Å²) < 4.78 is 6.29. The summed E-state index contributed by atoms with van der Waals surface area (Å²) in [5, 5.41) is 3.55. The summed E-state index contributed by atoms with van der Waals surface area (Å²) in [7, 11) is 0. The average molecular weight is 316 g/mol. The average Bonchev–Trinajstić information content (AvgIpc) is 2.60. The predicted molar refractivity (Wildman–Crippen MR) is 95.5 cm³/mol. The summed E-state index contributed by atoms with van der Waals surface area (Å²) in [4.78, 5) is 2.62. The van der Waals surface area contributed by atoms with E-state index in [9.17, 15) is 0 Å². The van der Waals surface area contributed by atoms with Crippen LogP contribution in [-0.4, -0.2) is 43.8 Å². The Bertz CT molecular complexity index is 454. The first-order chi connectivity index (χ1) is 11.3. The second-order valence-corrected chi connectivity index (χ2v) is 7.29. The molecule has 0 bridgehead atoms. The third-order valence-electron chi connectivity index (χ3n) is 5.73. The number of nitrogens with one attached hydrogen (secondary N) is 1. The summed E-state index contributed by atoms with van der Waals surface area (Å²) in [6.45, 7) is 8.88. The van der Waals surface area contributed by atoms with Crippen LogP contribution in [0.25, 0.3) is 0 Å². The van der Waals surface area contributed by atoms with Crippen LogP contribution in [0.15, 0.2) is 30.3 Å². The van der Waals surface area contributed by atoms with E-state index >= 15 is 0 Å². The zero-order valence-electron chi connectivity index (χ0n) is 14.6. The largest absolute Gasteiger partial charge is 0.376 e. The molecular weight excluding hydrogens is 284 g/mol. The highest BCUT2D eigenvalue weighted by molar-refractivity contribution is 5.14. The van der Waals surface area contributed by atoms with Gasteiger partial charge < -0.3 is 10.1 Å². The van der Waals surface area contributed by atoms with Gasteiger partial charge in [0.15, 0.2) is 0 Å². The molecule has 1 aromatic carbocycles. The van der Waals surface area contributed by atoms with E-state index in [1.54, 1.807) is 0 Å². The van der Waals surface area contributed by atoms with E-state index in [1.807, 2.05) is 0 Å². The zero-order chi connectivity index (χ0) is 16.0. The molecule has 3 rings (SSSR count). The smallest absolute Gasteiger partial charge is 0.0756 e. The highest BCUT2D eigenvalue weighted by Gasteiger charge is 2.43. The number of benzene rings is 1. The van der Waals surface area contributed by atoms with Gasteiger partial charge in [-0.15, -0.1) is 0 Å². The first-order valence-corrected chi connectivity index (χ1v) is 9.41. The molecule has 2 fully saturated rings. The van der Waals surface area contributed by atoms with Crippen molar-refractivity contribution in [2.24, 2.45) is 5.41 Å². The van der Waals surface area contributed by atoms with E-state index in [-0.39, 0.29) is 0 Å². The number of hydrogen-bond donors (Lipinski definition) is 1. The lowest BCUT2D eigenvalue weighted by atomic mass is 9.69. The van der Waals surface area contributed by atoms with Gasteiger partial charge in [-0.2, -0.15) is 0 Å². The number of hydrogen-bond acceptors (Lipinski definition) is 3. The Morgan fingerprint density at radius 2 is 1.96 bits per heavy atom. The summed E-state index contributed by atoms with van der Waals surface area (Å²) in [6, 6.07) is 10.9. The Morgan fingerprint density at radius 3 is 2.70 bits per heavy atom. The Hall–Kier alpha value is -0.900. The maximum absolute atomic E-state index is 6.29. The van der Waals surface area contributed by atoms with Gasteiger partial charge in [0.05, 0.1) is 6.10 Å². The van der Waals surface area contributed by atoms with Gasteiger partial charge in [-0.3, -0.25) is 4.90 Å². The van der Waals surface area contributed by atoms with Crippen LogP contribution in [0.1, 0.15) is 44.6 Å². The van der Waals surface area contributed by atoms with Gasteiger partial charge in [0.1, 0.15) is 0 Å². The molecule has 2 saturated heterocycles. The molecule has 1 aromatic rings. The molecule has 2 aliphatic rings. The van der Waals surface area contributed by atoms with Crippen LogP contribution < -0.4 is 5.32 Å². The Balaban J connectivity index is 1.54. The summed E-state index contributed by atoms with van der Waals surface area (Å²) in [5.74, 6) is 0. The summed E-state index contributed by atoms with van der Waals surface area (Å²) in [5.41, 5.74) is 1.86. The minimum Gasteiger partial charge on any atom is -0.376 e. The number of nitrogens with zero attached hydrogens (tertiary/aromatic N) is 1. The molecule has 23 heavy (non-hydrogen) atoms. The van der Waals surface area contributed by atoms with Gasteiger partial charge in [0, 0.05) is 25.1 Å². The second-order valence-electron chi connectivity index (χ2n) is 7.29. The summed E-state index contributed by atoms with van der Waals surface area (Å²) >= 11 is 0. The number of piperidine rings is 2. The van der Waals surface area contributed by atoms with Gasteiger partial charge in [-0.1, -0.05) is 43.7 Å². The standard InChI is InChI=1S/C20H32N2O/c1-2-3-15-23-19-16-21-12-9-20(19)10-13-22(14-11-20)17-18-7-5-4-6-8-18/h4-8,19,21H,2-3,9-17H2,1H3. The van der Waals surface area contributed by atoms with Crippen molar-refractivity contribution in [1.29, 1.82) is 0 Å². The number of rotatable bonds is 6. The first kappa shape index (κ1) is 16.9. The first-order valence-electron chi connectivity index (χ1n) is 9.41. The Morgan fingerprint density at radius 1 is 1.17 bits per heavy atom. The van der Waals surface area contributed by atoms with Crippen LogP contribution in [0.2, 0.25) is 0 Å². The lowest BCUT2D eigenvalue weighted by Crippen LogP contribution is -2.55. The molecule has 0 saturated carbocycles. The van der Waals surface area contributed by atoms with Crippen LogP contribution >= 0.6 is 0 Å². The van der Waals surface area contributed by atoms with Crippen molar-refractivity contribution in [3.8, 4) is 0 Å². The summed E-state index contributed by atoms with van der Waals surface area (Å²) in [6.07, 6.45) is 6.69. The van der Waals surface area contributed by atoms with Gasteiger partial charge in [-0.25, -0.2) is 0 Å². The minimum absolute atomic E-state index is 0.418. The van der Waals surface area contributed by atoms with Crippen molar-refractivity contribution in [3.05, 3.63) is 35.9 Å². The topological polar surface area (TPSA) is 24.5 Å². The quantitative estimate of drug-likeness (QED) is 0.814. The van der Waals surface area contributed by atoms with Crippen molar-refractivity contribution in [1.82, 2.24) is 10.2 Å². The van der Waals surface area contributed by atoms with Gasteiger partial charge in [0.25, 0.3) is 0 Å². The van der Waals surface area contributed by atoms with Gasteiger partial charge in [0.2, 0.25) is 0 Å². The molecule has 0 aliphatic carbocycles. The molecule has 0 radical (unpaired) electrons. The molecule has 0 aromatic heterocycles. The van der Waals surface area contributed by atoms with Gasteiger partial charge in [-0.05, 0) is 50.9 Å². The van der Waals surface area contributed by atoms with E-state index in [0.717, 1.165) is 26.2 Å². The lowest BCUT2D eigenvalue weighted by Gasteiger charge is -2.49. The van der Waals surface area contributed by atoms with E-state index < -0.39 is 0 Å². The molecule has 1 unspecified atom stereocenters. The number of likely N-dealkylation sites (tertiary alicyclic amines) is 1. The number of ether oxygens (including phenoxy) is 1. The third kappa shape index (κ3) is 4.34. The van der Waals surface area contributed by atoms with Crippen LogP contribution in [0.3, 0.4) is 0 Å². The number of unbranched alkanes of at least 4 members (excludes halogenated alkanes) is 1. The fourth-order valence-corrected chi connectivity index (χ4v) is 4.12. The highest BCUT2D eigenvalue weighted by atomic mass is 16.5. The SMILES string of the molecule is CCCCOC1CNCCC12CCN(Cc1ccccc1)CC2. The molecule has 128 valence electrons. The van der Waals surface area contributed by atoms with Crippen molar-refractivity contribution >= 4 is 0 Å². The maximum Gasteiger partial charge on any atom is 0.0756 e. The molecule has 3 nitrogen and oxygen atoms in total. The Labute approximate surface area is 141 Å². The lowest BCUT2D eigenvalue weighted by molar-refractivity contribution is -0.0873. The van der Waals surface area contributed by atoms with Gasteiger partial charge >= 0.3 is 0 Å². The fourth-order valence-electron chi connectivity index (χ4n) is 4.12. The molecule has 1 atom stereocenters. The van der Waals surface area contributed by atoms with Crippen molar-refractivity contribution in [3.63, 3.8) is 0 Å². The molecule has 1 N–H and O–H groups in total. The van der Waals surface area contributed by atoms with Crippen LogP contribution in [0.5, 0.6) is 0 Å². The molecule has 1 spiro atoms. The second kappa shape index (κ2) is 8.27. The minimum atomic E-state index is 0.418.